The van der Waals surface area contributed by atoms with Gasteiger partial charge in [-0.3, -0.25) is 9.59 Å². The van der Waals surface area contributed by atoms with E-state index in [-0.39, 0.29) is 17.6 Å². The smallest absolute Gasteiger partial charge is 0.289 e. The van der Waals surface area contributed by atoms with Crippen molar-refractivity contribution in [3.63, 3.8) is 0 Å². The minimum atomic E-state index is -0.278. The van der Waals surface area contributed by atoms with Crippen LogP contribution >= 0.6 is 0 Å². The molecule has 1 heterocycles. The zero-order valence-electron chi connectivity index (χ0n) is 15.0. The molecule has 5 nitrogen and oxygen atoms in total. The molecule has 5 heteroatoms. The molecule has 1 rings (SSSR count). The third-order valence-corrected chi connectivity index (χ3v) is 4.26. The van der Waals surface area contributed by atoms with Gasteiger partial charge in [-0.05, 0) is 59.4 Å². The van der Waals surface area contributed by atoms with E-state index in [4.69, 9.17) is 0 Å². The molecule has 0 aliphatic carbocycles. The lowest BCUT2D eigenvalue weighted by Crippen LogP contribution is -2.50. The van der Waals surface area contributed by atoms with Crippen LogP contribution in [0.1, 0.15) is 39.5 Å². The van der Waals surface area contributed by atoms with Gasteiger partial charge in [-0.25, -0.2) is 0 Å². The first-order valence-corrected chi connectivity index (χ1v) is 8.48. The molecule has 0 aromatic heterocycles. The molecule has 0 unspecified atom stereocenters. The van der Waals surface area contributed by atoms with Crippen LogP contribution < -0.4 is 0 Å². The largest absolute Gasteiger partial charge is 0.335 e. The number of likely N-dealkylation sites (tertiary alicyclic amines) is 1. The van der Waals surface area contributed by atoms with Gasteiger partial charge < -0.3 is 14.7 Å². The van der Waals surface area contributed by atoms with Gasteiger partial charge in [-0.1, -0.05) is 13.8 Å². The minimum Gasteiger partial charge on any atom is -0.335 e. The number of carbonyl (C=O) groups is 2. The average Bonchev–Trinajstić information content (AvgIpc) is 2.45. The predicted octanol–water partition coefficient (Wildman–Crippen LogP) is 1.48. The molecule has 0 N–H and O–H groups in total. The van der Waals surface area contributed by atoms with Crippen LogP contribution in [0.2, 0.25) is 0 Å². The van der Waals surface area contributed by atoms with Crippen molar-refractivity contribution in [3.8, 4) is 0 Å². The maximum absolute atomic E-state index is 12.3. The molecule has 0 bridgehead atoms. The van der Waals surface area contributed by atoms with Crippen molar-refractivity contribution in [2.45, 2.75) is 45.6 Å². The van der Waals surface area contributed by atoms with Crippen molar-refractivity contribution >= 4 is 11.7 Å². The number of rotatable bonds is 8. The van der Waals surface area contributed by atoms with Crippen LogP contribution in [0.3, 0.4) is 0 Å². The van der Waals surface area contributed by atoms with Crippen molar-refractivity contribution in [2.75, 3.05) is 47.3 Å². The summed E-state index contributed by atoms with van der Waals surface area (Å²) in [7, 11) is 6.30. The number of hydrogen-bond acceptors (Lipinski definition) is 4. The molecule has 1 saturated heterocycles. The summed E-state index contributed by atoms with van der Waals surface area (Å²) in [5, 5.41) is 0. The van der Waals surface area contributed by atoms with E-state index < -0.39 is 0 Å². The Morgan fingerprint density at radius 3 is 2.45 bits per heavy atom. The Bertz CT molecular complexity index is 369. The highest BCUT2D eigenvalue weighted by atomic mass is 16.2. The van der Waals surface area contributed by atoms with Gasteiger partial charge in [0.25, 0.3) is 5.91 Å². The van der Waals surface area contributed by atoms with E-state index in [1.807, 2.05) is 13.8 Å². The molecule has 128 valence electrons. The van der Waals surface area contributed by atoms with E-state index in [0.717, 1.165) is 38.9 Å². The summed E-state index contributed by atoms with van der Waals surface area (Å²) in [5.74, 6) is -0.267. The highest BCUT2D eigenvalue weighted by Crippen LogP contribution is 2.16. The summed E-state index contributed by atoms with van der Waals surface area (Å²) < 4.78 is 0. The third-order valence-electron chi connectivity index (χ3n) is 4.26. The fraction of sp³-hybridized carbons (Fsp3) is 0.882. The Morgan fingerprint density at radius 2 is 1.86 bits per heavy atom. The van der Waals surface area contributed by atoms with Crippen molar-refractivity contribution in [1.82, 2.24) is 14.7 Å². The van der Waals surface area contributed by atoms with E-state index in [1.54, 1.807) is 4.90 Å². The number of likely N-dealkylation sites (N-methyl/N-ethyl adjacent to an activating group) is 1. The topological polar surface area (TPSA) is 43.9 Å². The van der Waals surface area contributed by atoms with E-state index in [1.165, 1.54) is 0 Å². The SMILES string of the molecule is CC(C)CC(=O)C(=O)N1CCC[C@H](N(C)CCCN(C)C)C1. The number of piperidine rings is 1. The van der Waals surface area contributed by atoms with Gasteiger partial charge in [0, 0.05) is 25.6 Å². The maximum Gasteiger partial charge on any atom is 0.289 e. The predicted molar refractivity (Wildman–Crippen MR) is 89.9 cm³/mol. The first-order valence-electron chi connectivity index (χ1n) is 8.48. The summed E-state index contributed by atoms with van der Waals surface area (Å²) in [6, 6.07) is 0.381. The van der Waals surface area contributed by atoms with Gasteiger partial charge in [0.15, 0.2) is 0 Å². The third kappa shape index (κ3) is 6.44. The molecule has 22 heavy (non-hydrogen) atoms. The Morgan fingerprint density at radius 1 is 1.18 bits per heavy atom. The number of hydrogen-bond donors (Lipinski definition) is 0. The van der Waals surface area contributed by atoms with Gasteiger partial charge in [0.1, 0.15) is 0 Å². The summed E-state index contributed by atoms with van der Waals surface area (Å²) in [6.07, 6.45) is 3.59. The second-order valence-electron chi connectivity index (χ2n) is 7.21. The number of ketones is 1. The molecule has 0 aromatic carbocycles. The van der Waals surface area contributed by atoms with Crippen LogP contribution in [0.5, 0.6) is 0 Å². The van der Waals surface area contributed by atoms with Gasteiger partial charge >= 0.3 is 0 Å². The van der Waals surface area contributed by atoms with E-state index >= 15 is 0 Å². The Hall–Kier alpha value is -0.940. The highest BCUT2D eigenvalue weighted by Gasteiger charge is 2.29. The molecule has 1 amide bonds. The average molecular weight is 311 g/mol. The first-order chi connectivity index (χ1) is 10.3. The fourth-order valence-electron chi connectivity index (χ4n) is 2.95. The van der Waals surface area contributed by atoms with Crippen molar-refractivity contribution in [2.24, 2.45) is 5.92 Å². The number of carbonyl (C=O) groups excluding carboxylic acids is 2. The molecular formula is C17H33N3O2. The molecular weight excluding hydrogens is 278 g/mol. The molecule has 0 spiro atoms. The minimum absolute atomic E-state index is 0.231. The Labute approximate surface area is 135 Å². The van der Waals surface area contributed by atoms with E-state index in [9.17, 15) is 9.59 Å². The zero-order chi connectivity index (χ0) is 16.7. The van der Waals surface area contributed by atoms with Gasteiger partial charge in [0.05, 0.1) is 0 Å². The molecule has 1 aliphatic heterocycles. The van der Waals surface area contributed by atoms with Crippen LogP contribution in [0.25, 0.3) is 0 Å². The molecule has 0 aromatic rings. The quantitative estimate of drug-likeness (QED) is 0.637. The summed E-state index contributed by atoms with van der Waals surface area (Å²) in [4.78, 5) is 30.5. The molecule has 0 saturated carbocycles. The Balaban J connectivity index is 2.46. The van der Waals surface area contributed by atoms with Gasteiger partial charge in [-0.15, -0.1) is 0 Å². The molecule has 1 aliphatic rings. The summed E-state index contributed by atoms with van der Waals surface area (Å²) >= 11 is 0. The van der Waals surface area contributed by atoms with Crippen LogP contribution in [-0.4, -0.2) is 79.8 Å². The van der Waals surface area contributed by atoms with E-state index in [0.29, 0.717) is 19.0 Å². The lowest BCUT2D eigenvalue weighted by molar-refractivity contribution is -0.146. The fourth-order valence-corrected chi connectivity index (χ4v) is 2.95. The first kappa shape index (κ1) is 19.1. The summed E-state index contributed by atoms with van der Waals surface area (Å²) in [6.45, 7) is 7.48. The monoisotopic (exact) mass is 311 g/mol. The second kappa shape index (κ2) is 9.26. The van der Waals surface area contributed by atoms with Crippen LogP contribution in [0, 0.1) is 5.92 Å². The number of Topliss-reactive ketones (excluding diaryl/α,β-unsaturated/α-hetero) is 1. The molecule has 1 fully saturated rings. The maximum atomic E-state index is 12.3. The zero-order valence-corrected chi connectivity index (χ0v) is 15.0. The van der Waals surface area contributed by atoms with Crippen molar-refractivity contribution in [3.05, 3.63) is 0 Å². The normalized spacial score (nSPS) is 19.3. The van der Waals surface area contributed by atoms with Crippen molar-refractivity contribution in [1.29, 1.82) is 0 Å². The van der Waals surface area contributed by atoms with Crippen LogP contribution in [-0.2, 0) is 9.59 Å². The lowest BCUT2D eigenvalue weighted by atomic mass is 10.0. The number of amides is 1. The highest BCUT2D eigenvalue weighted by molar-refractivity contribution is 6.36. The van der Waals surface area contributed by atoms with Gasteiger partial charge in [-0.2, -0.15) is 0 Å². The van der Waals surface area contributed by atoms with Gasteiger partial charge in [0.2, 0.25) is 5.78 Å². The van der Waals surface area contributed by atoms with Crippen LogP contribution in [0.15, 0.2) is 0 Å². The standard InChI is InChI=1S/C17H33N3O2/c1-14(2)12-16(21)17(22)20-11-6-8-15(13-20)19(5)10-7-9-18(3)4/h14-15H,6-13H2,1-5H3/t15-/m0/s1. The number of nitrogens with zero attached hydrogens (tertiary/aromatic N) is 3. The van der Waals surface area contributed by atoms with Crippen LogP contribution in [0.4, 0.5) is 0 Å². The molecule has 0 radical (unpaired) electrons. The lowest BCUT2D eigenvalue weighted by Gasteiger charge is -2.37. The van der Waals surface area contributed by atoms with E-state index in [2.05, 4.69) is 30.9 Å². The summed E-state index contributed by atoms with van der Waals surface area (Å²) in [5.41, 5.74) is 0. The van der Waals surface area contributed by atoms with Crippen molar-refractivity contribution < 1.29 is 9.59 Å². The molecule has 1 atom stereocenters. The Kier molecular flexibility index (Phi) is 8.04. The second-order valence-corrected chi connectivity index (χ2v) is 7.21.